The van der Waals surface area contributed by atoms with Crippen LogP contribution < -0.4 is 0 Å². The van der Waals surface area contributed by atoms with E-state index in [-0.39, 0.29) is 46.5 Å². The van der Waals surface area contributed by atoms with E-state index < -0.39 is 23.6 Å². The average molecular weight is 395 g/mol. The molecule has 1 fully saturated rings. The van der Waals surface area contributed by atoms with E-state index in [1.54, 1.807) is 6.08 Å². The first-order valence-corrected chi connectivity index (χ1v) is 9.44. The van der Waals surface area contributed by atoms with E-state index >= 15 is 0 Å². The largest absolute Gasteiger partial charge is 0.507 e. The molecule has 6 nitrogen and oxygen atoms in total. The van der Waals surface area contributed by atoms with Gasteiger partial charge in [-0.3, -0.25) is 4.79 Å². The molecule has 0 amide bonds. The summed E-state index contributed by atoms with van der Waals surface area (Å²) in [5.74, 6) is -1.88. The smallest absolute Gasteiger partial charge is 0.342 e. The molecule has 0 aromatic heterocycles. The van der Waals surface area contributed by atoms with Crippen LogP contribution in [0, 0.1) is 5.92 Å². The summed E-state index contributed by atoms with van der Waals surface area (Å²) < 4.78 is 11.3. The van der Waals surface area contributed by atoms with Gasteiger partial charge in [-0.15, -0.1) is 0 Å². The lowest BCUT2D eigenvalue weighted by Crippen LogP contribution is -2.27. The van der Waals surface area contributed by atoms with Crippen LogP contribution in [0.2, 0.25) is 5.02 Å². The normalized spacial score (nSPS) is 27.3. The summed E-state index contributed by atoms with van der Waals surface area (Å²) in [6.45, 7) is 3.88. The Morgan fingerprint density at radius 1 is 1.19 bits per heavy atom. The average Bonchev–Trinajstić information content (AvgIpc) is 3.33. The summed E-state index contributed by atoms with van der Waals surface area (Å²) in [6.07, 6.45) is 4.76. The van der Waals surface area contributed by atoms with Crippen molar-refractivity contribution in [2.75, 3.05) is 0 Å². The van der Waals surface area contributed by atoms with Gasteiger partial charge in [0.25, 0.3) is 0 Å². The first-order valence-electron chi connectivity index (χ1n) is 9.07. The van der Waals surface area contributed by atoms with Crippen LogP contribution in [0.4, 0.5) is 0 Å². The summed E-state index contributed by atoms with van der Waals surface area (Å²) in [5, 5.41) is 20.0. The molecule has 2 N–H and O–H groups in total. The van der Waals surface area contributed by atoms with Crippen molar-refractivity contribution in [2.24, 2.45) is 5.92 Å². The monoisotopic (exact) mass is 394 g/mol. The lowest BCUT2D eigenvalue weighted by atomic mass is 9.97. The molecule has 1 aromatic rings. The molecule has 0 bridgehead atoms. The highest BCUT2D eigenvalue weighted by Crippen LogP contribution is 2.38. The molecular formula is C20H23ClO6. The fourth-order valence-electron chi connectivity index (χ4n) is 3.31. The van der Waals surface area contributed by atoms with Crippen molar-refractivity contribution in [3.8, 4) is 11.5 Å². The Hall–Kier alpha value is -2.05. The van der Waals surface area contributed by atoms with Gasteiger partial charge in [-0.25, -0.2) is 4.79 Å². The van der Waals surface area contributed by atoms with Gasteiger partial charge in [0.1, 0.15) is 23.2 Å². The van der Waals surface area contributed by atoms with E-state index in [4.69, 9.17) is 21.1 Å². The maximum atomic E-state index is 12.8. The van der Waals surface area contributed by atoms with Crippen LogP contribution in [0.1, 0.15) is 49.0 Å². The van der Waals surface area contributed by atoms with Gasteiger partial charge in [-0.05, 0) is 24.8 Å². The van der Waals surface area contributed by atoms with Crippen molar-refractivity contribution in [1.29, 1.82) is 0 Å². The van der Waals surface area contributed by atoms with Crippen molar-refractivity contribution in [3.05, 3.63) is 34.4 Å². The Morgan fingerprint density at radius 2 is 1.93 bits per heavy atom. The number of carbonyl (C=O) groups excluding carboxylic acids is 2. The number of cyclic esters (lactones) is 1. The first kappa shape index (κ1) is 19.7. The number of carbonyl (C=O) groups is 2. The predicted molar refractivity (Wildman–Crippen MR) is 99.2 cm³/mol. The molecule has 0 radical (unpaired) electrons. The van der Waals surface area contributed by atoms with Crippen LogP contribution in [0.15, 0.2) is 18.2 Å². The molecule has 2 aliphatic heterocycles. The van der Waals surface area contributed by atoms with Gasteiger partial charge < -0.3 is 19.7 Å². The molecule has 3 atom stereocenters. The number of fused-ring (bicyclic) bond motifs is 2. The molecule has 0 saturated carbocycles. The third-order valence-corrected chi connectivity index (χ3v) is 5.37. The van der Waals surface area contributed by atoms with Crippen molar-refractivity contribution < 1.29 is 29.3 Å². The number of allylic oxidation sites excluding steroid dienone is 2. The highest BCUT2D eigenvalue weighted by atomic mass is 35.5. The third kappa shape index (κ3) is 4.45. The lowest BCUT2D eigenvalue weighted by Gasteiger charge is -2.22. The molecule has 0 spiro atoms. The number of rotatable bonds is 1. The van der Waals surface area contributed by atoms with Crippen LogP contribution in [0.3, 0.4) is 0 Å². The minimum Gasteiger partial charge on any atom is -0.507 e. The van der Waals surface area contributed by atoms with Crippen molar-refractivity contribution in [1.82, 2.24) is 0 Å². The number of phenolic OH excluding ortho intramolecular Hbond substituents is 2. The molecule has 2 unspecified atom stereocenters. The molecule has 2 aliphatic rings. The van der Waals surface area contributed by atoms with Gasteiger partial charge in [-0.2, -0.15) is 0 Å². The number of esters is 1. The minimum absolute atomic E-state index is 0.0220. The van der Waals surface area contributed by atoms with E-state index in [0.717, 1.165) is 12.5 Å². The Kier molecular flexibility index (Phi) is 5.77. The van der Waals surface area contributed by atoms with Crippen LogP contribution in [0.5, 0.6) is 11.5 Å². The van der Waals surface area contributed by atoms with Gasteiger partial charge in [0.15, 0.2) is 5.78 Å². The summed E-state index contributed by atoms with van der Waals surface area (Å²) in [6, 6.07) is 0.982. The quantitative estimate of drug-likeness (QED) is 0.558. The standard InChI is InChI=1S/C20H23ClO6/c1-10(2)16-9-17-15(26-17)6-4-3-5-11(22)7-12-18(20(25)27-16)13(23)8-14(24)19(12)21/h3,5,8,10,15-17,23-24H,4,6-7,9H2,1-2H3/b5-3+/t15?,16-,17?/m0/s1. The molecule has 0 aliphatic carbocycles. The van der Waals surface area contributed by atoms with Gasteiger partial charge in [0.2, 0.25) is 0 Å². The molecule has 3 rings (SSSR count). The second-order valence-corrected chi connectivity index (χ2v) is 7.72. The number of aromatic hydroxyl groups is 2. The number of phenols is 2. The van der Waals surface area contributed by atoms with E-state index in [2.05, 4.69) is 0 Å². The third-order valence-electron chi connectivity index (χ3n) is 4.95. The Balaban J connectivity index is 2.00. The molecule has 7 heteroatoms. The zero-order valence-corrected chi connectivity index (χ0v) is 16.0. The summed E-state index contributed by atoms with van der Waals surface area (Å²) in [5.41, 5.74) is -0.121. The Morgan fingerprint density at radius 3 is 2.63 bits per heavy atom. The van der Waals surface area contributed by atoms with Gasteiger partial charge in [0, 0.05) is 24.5 Å². The minimum atomic E-state index is -0.769. The predicted octanol–water partition coefficient (Wildman–Crippen LogP) is 3.55. The van der Waals surface area contributed by atoms with E-state index in [1.807, 2.05) is 13.8 Å². The number of hydrogen-bond donors (Lipinski definition) is 2. The van der Waals surface area contributed by atoms with Crippen LogP contribution in [-0.4, -0.2) is 40.3 Å². The molecule has 1 saturated heterocycles. The fraction of sp³-hybridized carbons (Fsp3) is 0.500. The van der Waals surface area contributed by atoms with Gasteiger partial charge in [0.05, 0.1) is 17.2 Å². The summed E-state index contributed by atoms with van der Waals surface area (Å²) in [7, 11) is 0. The van der Waals surface area contributed by atoms with Crippen LogP contribution >= 0.6 is 11.6 Å². The highest BCUT2D eigenvalue weighted by Gasteiger charge is 2.41. The summed E-state index contributed by atoms with van der Waals surface area (Å²) in [4.78, 5) is 25.1. The topological polar surface area (TPSA) is 96.4 Å². The number of benzene rings is 1. The number of halogens is 1. The zero-order chi connectivity index (χ0) is 19.7. The maximum Gasteiger partial charge on any atom is 0.342 e. The molecule has 146 valence electrons. The molecule has 1 aromatic carbocycles. The molecular weight excluding hydrogens is 372 g/mol. The van der Waals surface area contributed by atoms with Crippen molar-refractivity contribution >= 4 is 23.4 Å². The SMILES string of the molecule is CC(C)[C@@H]1CC2OC2CC/C=C/C(=O)Cc2c(Cl)c(O)cc(O)c2C(=O)O1. The second kappa shape index (κ2) is 7.90. The van der Waals surface area contributed by atoms with Crippen LogP contribution in [-0.2, 0) is 20.7 Å². The fourth-order valence-corrected chi connectivity index (χ4v) is 3.52. The van der Waals surface area contributed by atoms with Crippen LogP contribution in [0.25, 0.3) is 0 Å². The lowest BCUT2D eigenvalue weighted by molar-refractivity contribution is -0.114. The van der Waals surface area contributed by atoms with Gasteiger partial charge in [-0.1, -0.05) is 31.5 Å². The van der Waals surface area contributed by atoms with E-state index in [0.29, 0.717) is 12.8 Å². The van der Waals surface area contributed by atoms with Crippen molar-refractivity contribution in [2.45, 2.75) is 57.8 Å². The number of epoxide rings is 1. The second-order valence-electron chi connectivity index (χ2n) is 7.34. The van der Waals surface area contributed by atoms with Crippen molar-refractivity contribution in [3.63, 3.8) is 0 Å². The zero-order valence-electron chi connectivity index (χ0n) is 15.3. The number of ether oxygens (including phenoxy) is 2. The first-order chi connectivity index (χ1) is 12.8. The Bertz CT molecular complexity index is 785. The Labute approximate surface area is 162 Å². The van der Waals surface area contributed by atoms with E-state index in [1.165, 1.54) is 6.08 Å². The summed E-state index contributed by atoms with van der Waals surface area (Å²) >= 11 is 6.13. The molecule has 27 heavy (non-hydrogen) atoms. The molecule has 2 heterocycles. The number of ketones is 1. The number of hydrogen-bond acceptors (Lipinski definition) is 6. The highest BCUT2D eigenvalue weighted by molar-refractivity contribution is 6.33. The van der Waals surface area contributed by atoms with Gasteiger partial charge >= 0.3 is 5.97 Å². The van der Waals surface area contributed by atoms with E-state index in [9.17, 15) is 19.8 Å². The maximum absolute atomic E-state index is 12.8.